The molecule has 0 saturated carbocycles. The Morgan fingerprint density at radius 1 is 1.61 bits per heavy atom. The highest BCUT2D eigenvalue weighted by atomic mass is 32.2. The highest BCUT2D eigenvalue weighted by Crippen LogP contribution is 2.19. The molecule has 0 fully saturated rings. The van der Waals surface area contributed by atoms with E-state index in [4.69, 9.17) is 26.0 Å². The molecule has 7 nitrogen and oxygen atoms in total. The van der Waals surface area contributed by atoms with Gasteiger partial charge in [0.15, 0.2) is 11.1 Å². The lowest BCUT2D eigenvalue weighted by Gasteiger charge is -2.02. The standard InChI is InChI=1S/C10H14N4O3S/c1-2-16-8(15)6-3-4-17-7(6)5-18-10(13)14-9(11)12/h3-4H,2,5H2,1H3,(H5,11,12,13,14). The van der Waals surface area contributed by atoms with Gasteiger partial charge in [0.1, 0.15) is 11.3 Å². The van der Waals surface area contributed by atoms with Gasteiger partial charge in [-0.1, -0.05) is 11.8 Å². The number of aliphatic imine (C=N–C) groups is 1. The maximum Gasteiger partial charge on any atom is 0.341 e. The minimum Gasteiger partial charge on any atom is -0.468 e. The molecule has 1 aromatic heterocycles. The van der Waals surface area contributed by atoms with E-state index in [1.54, 1.807) is 6.92 Å². The molecule has 1 aromatic rings. The van der Waals surface area contributed by atoms with E-state index in [0.717, 1.165) is 11.8 Å². The van der Waals surface area contributed by atoms with Gasteiger partial charge in [0.2, 0.25) is 0 Å². The number of ether oxygens (including phenoxy) is 1. The Bertz CT molecular complexity index is 465. The summed E-state index contributed by atoms with van der Waals surface area (Å²) < 4.78 is 10.0. The maximum absolute atomic E-state index is 11.5. The molecule has 18 heavy (non-hydrogen) atoms. The van der Waals surface area contributed by atoms with E-state index in [0.29, 0.717) is 17.9 Å². The monoisotopic (exact) mass is 270 g/mol. The lowest BCUT2D eigenvalue weighted by molar-refractivity contribution is 0.0524. The SMILES string of the molecule is CCOC(=O)c1ccoc1CSC(=N)N=C(N)N. The summed E-state index contributed by atoms with van der Waals surface area (Å²) in [7, 11) is 0. The summed E-state index contributed by atoms with van der Waals surface area (Å²) in [5.41, 5.74) is 10.6. The van der Waals surface area contributed by atoms with Crippen molar-refractivity contribution in [2.75, 3.05) is 6.61 Å². The number of hydrogen-bond donors (Lipinski definition) is 3. The van der Waals surface area contributed by atoms with Crippen LogP contribution in [0.4, 0.5) is 0 Å². The van der Waals surface area contributed by atoms with Crippen LogP contribution in [0.25, 0.3) is 0 Å². The van der Waals surface area contributed by atoms with Crippen LogP contribution < -0.4 is 11.5 Å². The summed E-state index contributed by atoms with van der Waals surface area (Å²) >= 11 is 1.05. The summed E-state index contributed by atoms with van der Waals surface area (Å²) in [5, 5.41) is 7.38. The second kappa shape index (κ2) is 6.70. The van der Waals surface area contributed by atoms with Crippen LogP contribution in [0.5, 0.6) is 0 Å². The molecule has 0 bridgehead atoms. The van der Waals surface area contributed by atoms with Gasteiger partial charge in [0.05, 0.1) is 18.6 Å². The number of carbonyl (C=O) groups is 1. The van der Waals surface area contributed by atoms with Crippen LogP contribution in [0.15, 0.2) is 21.7 Å². The quantitative estimate of drug-likeness (QED) is 0.423. The number of thioether (sulfide) groups is 1. The van der Waals surface area contributed by atoms with Crippen LogP contribution in [-0.2, 0) is 10.5 Å². The smallest absolute Gasteiger partial charge is 0.341 e. The van der Waals surface area contributed by atoms with Gasteiger partial charge in [-0.3, -0.25) is 5.41 Å². The van der Waals surface area contributed by atoms with Crippen LogP contribution in [0.3, 0.4) is 0 Å². The van der Waals surface area contributed by atoms with Crippen LogP contribution in [0, 0.1) is 5.41 Å². The summed E-state index contributed by atoms with van der Waals surface area (Å²) in [6.07, 6.45) is 1.40. The molecule has 5 N–H and O–H groups in total. The Hall–Kier alpha value is -1.96. The second-order valence-electron chi connectivity index (χ2n) is 3.11. The third-order valence-corrected chi connectivity index (χ3v) is 2.58. The Balaban J connectivity index is 2.63. The number of nitrogens with one attached hydrogen (secondary N) is 1. The largest absolute Gasteiger partial charge is 0.468 e. The number of nitrogens with zero attached hydrogens (tertiary/aromatic N) is 1. The number of esters is 1. The first-order valence-corrected chi connectivity index (χ1v) is 6.07. The molecule has 0 aliphatic heterocycles. The van der Waals surface area contributed by atoms with Gasteiger partial charge in [-0.25, -0.2) is 4.79 Å². The molecule has 0 amide bonds. The molecule has 1 rings (SSSR count). The van der Waals surface area contributed by atoms with Crippen molar-refractivity contribution in [3.05, 3.63) is 23.7 Å². The average Bonchev–Trinajstić information content (AvgIpc) is 2.73. The summed E-state index contributed by atoms with van der Waals surface area (Å²) in [4.78, 5) is 15.1. The molecule has 0 aliphatic carbocycles. The summed E-state index contributed by atoms with van der Waals surface area (Å²) in [6, 6.07) is 1.53. The third kappa shape index (κ3) is 4.13. The molecule has 0 saturated heterocycles. The van der Waals surface area contributed by atoms with Crippen LogP contribution in [-0.4, -0.2) is 23.7 Å². The van der Waals surface area contributed by atoms with Crippen molar-refractivity contribution in [1.29, 1.82) is 5.41 Å². The Morgan fingerprint density at radius 2 is 2.33 bits per heavy atom. The van der Waals surface area contributed by atoms with Crippen LogP contribution in [0.1, 0.15) is 23.0 Å². The molecule has 0 aliphatic rings. The van der Waals surface area contributed by atoms with Gasteiger partial charge in [-0.05, 0) is 13.0 Å². The normalized spacial score (nSPS) is 9.83. The van der Waals surface area contributed by atoms with E-state index < -0.39 is 5.97 Å². The number of nitrogens with two attached hydrogens (primary N) is 2. The van der Waals surface area contributed by atoms with Crippen molar-refractivity contribution in [3.63, 3.8) is 0 Å². The zero-order valence-corrected chi connectivity index (χ0v) is 10.6. The average molecular weight is 270 g/mol. The zero-order valence-electron chi connectivity index (χ0n) is 9.80. The molecule has 98 valence electrons. The van der Waals surface area contributed by atoms with Crippen molar-refractivity contribution in [2.45, 2.75) is 12.7 Å². The highest BCUT2D eigenvalue weighted by molar-refractivity contribution is 8.13. The van der Waals surface area contributed by atoms with Crippen molar-refractivity contribution in [1.82, 2.24) is 0 Å². The van der Waals surface area contributed by atoms with Crippen molar-refractivity contribution >= 4 is 28.9 Å². The number of amidine groups is 1. The van der Waals surface area contributed by atoms with E-state index in [9.17, 15) is 4.79 Å². The number of rotatable bonds is 4. The number of hydrogen-bond acceptors (Lipinski definition) is 5. The van der Waals surface area contributed by atoms with Crippen LogP contribution >= 0.6 is 11.8 Å². The molecule has 0 radical (unpaired) electrons. The van der Waals surface area contributed by atoms with Gasteiger partial charge >= 0.3 is 5.97 Å². The Kier molecular flexibility index (Phi) is 5.25. The van der Waals surface area contributed by atoms with E-state index in [2.05, 4.69) is 4.99 Å². The van der Waals surface area contributed by atoms with Crippen molar-refractivity contribution in [3.8, 4) is 0 Å². The zero-order chi connectivity index (χ0) is 13.5. The first-order chi connectivity index (χ1) is 8.54. The molecule has 0 atom stereocenters. The van der Waals surface area contributed by atoms with Gasteiger partial charge < -0.3 is 20.6 Å². The molecule has 0 unspecified atom stereocenters. The Morgan fingerprint density at radius 3 is 2.94 bits per heavy atom. The lowest BCUT2D eigenvalue weighted by Crippen LogP contribution is -2.23. The van der Waals surface area contributed by atoms with Crippen molar-refractivity contribution in [2.24, 2.45) is 16.5 Å². The van der Waals surface area contributed by atoms with Gasteiger partial charge in [-0.2, -0.15) is 4.99 Å². The first kappa shape index (κ1) is 14.1. The second-order valence-corrected chi connectivity index (χ2v) is 4.07. The van der Waals surface area contributed by atoms with E-state index in [1.165, 1.54) is 12.3 Å². The molecular weight excluding hydrogens is 256 g/mol. The lowest BCUT2D eigenvalue weighted by atomic mass is 10.3. The fraction of sp³-hybridized carbons (Fsp3) is 0.300. The van der Waals surface area contributed by atoms with Gasteiger partial charge in [-0.15, -0.1) is 0 Å². The number of carbonyl (C=O) groups excluding carboxylic acids is 1. The van der Waals surface area contributed by atoms with Gasteiger partial charge in [0.25, 0.3) is 0 Å². The number of guanidine groups is 1. The fourth-order valence-corrected chi connectivity index (χ4v) is 1.79. The summed E-state index contributed by atoms with van der Waals surface area (Å²) in [6.45, 7) is 2.02. The van der Waals surface area contributed by atoms with Crippen molar-refractivity contribution < 1.29 is 13.9 Å². The highest BCUT2D eigenvalue weighted by Gasteiger charge is 2.16. The van der Waals surface area contributed by atoms with E-state index >= 15 is 0 Å². The Labute approximate surface area is 108 Å². The predicted molar refractivity (Wildman–Crippen MR) is 69.5 cm³/mol. The molecular formula is C10H14N4O3S. The molecule has 1 heterocycles. The maximum atomic E-state index is 11.5. The first-order valence-electron chi connectivity index (χ1n) is 5.09. The number of furan rings is 1. The van der Waals surface area contributed by atoms with E-state index in [-0.39, 0.29) is 16.9 Å². The topological polar surface area (TPSA) is 128 Å². The van der Waals surface area contributed by atoms with Gasteiger partial charge in [0, 0.05) is 0 Å². The van der Waals surface area contributed by atoms with E-state index in [1.807, 2.05) is 0 Å². The third-order valence-electron chi connectivity index (χ3n) is 1.81. The molecule has 0 aromatic carbocycles. The summed E-state index contributed by atoms with van der Waals surface area (Å²) in [5.74, 6) is 0.0679. The van der Waals surface area contributed by atoms with Crippen LogP contribution in [0.2, 0.25) is 0 Å². The minimum atomic E-state index is -0.449. The predicted octanol–water partition coefficient (Wildman–Crippen LogP) is 0.898. The molecule has 0 spiro atoms. The fourth-order valence-electron chi connectivity index (χ4n) is 1.13. The molecule has 8 heteroatoms. The minimum absolute atomic E-state index is 0.0544.